The Morgan fingerprint density at radius 3 is 2.93 bits per heavy atom. The Kier molecular flexibility index (Phi) is 3.14. The van der Waals surface area contributed by atoms with Gasteiger partial charge in [-0.25, -0.2) is 14.8 Å². The van der Waals surface area contributed by atoms with Crippen molar-refractivity contribution in [2.45, 2.75) is 0 Å². The quantitative estimate of drug-likeness (QED) is 0.610. The monoisotopic (exact) mass is 194 g/mol. The summed E-state index contributed by atoms with van der Waals surface area (Å²) < 4.78 is 0. The lowest BCUT2D eigenvalue weighted by Crippen LogP contribution is -2.08. The van der Waals surface area contributed by atoms with Crippen molar-refractivity contribution in [1.29, 1.82) is 0 Å². The van der Waals surface area contributed by atoms with Crippen LogP contribution >= 0.6 is 0 Å². The number of aromatic nitrogens is 2. The minimum atomic E-state index is -1.20. The van der Waals surface area contributed by atoms with Crippen LogP contribution in [0.2, 0.25) is 0 Å². The largest absolute Gasteiger partial charge is 0.476 e. The first-order valence-corrected chi connectivity index (χ1v) is 3.87. The van der Waals surface area contributed by atoms with Crippen molar-refractivity contribution < 1.29 is 9.90 Å². The maximum atomic E-state index is 10.6. The minimum Gasteiger partial charge on any atom is -0.476 e. The van der Waals surface area contributed by atoms with Crippen LogP contribution in [-0.2, 0) is 0 Å². The molecule has 0 aliphatic carbocycles. The molecule has 0 bridgehead atoms. The molecule has 1 aromatic rings. The topological polar surface area (TPSA) is 115 Å². The average molecular weight is 194 g/mol. The number of hydrogen-bond acceptors (Lipinski definition) is 5. The highest BCUT2D eigenvalue weighted by Gasteiger charge is 2.10. The van der Waals surface area contributed by atoms with Crippen LogP contribution in [0.4, 0.5) is 5.82 Å². The van der Waals surface area contributed by atoms with E-state index in [1.54, 1.807) is 12.2 Å². The van der Waals surface area contributed by atoms with Gasteiger partial charge in [-0.15, -0.1) is 0 Å². The summed E-state index contributed by atoms with van der Waals surface area (Å²) in [6.07, 6.45) is 4.61. The van der Waals surface area contributed by atoms with Crippen LogP contribution in [0.15, 0.2) is 12.3 Å². The number of aromatic carboxylic acids is 1. The molecule has 14 heavy (non-hydrogen) atoms. The fourth-order valence-electron chi connectivity index (χ4n) is 0.839. The maximum Gasteiger partial charge on any atom is 0.358 e. The van der Waals surface area contributed by atoms with Crippen LogP contribution in [0.1, 0.15) is 16.2 Å². The molecule has 0 amide bonds. The second-order valence-corrected chi connectivity index (χ2v) is 2.47. The molecule has 5 N–H and O–H groups in total. The van der Waals surface area contributed by atoms with Crippen molar-refractivity contribution in [3.8, 4) is 0 Å². The number of rotatable bonds is 3. The SMILES string of the molecule is NCC=Cc1cnc(N)c(C(=O)O)n1. The Balaban J connectivity index is 3.06. The molecular formula is C8H10N4O2. The van der Waals surface area contributed by atoms with E-state index < -0.39 is 5.97 Å². The van der Waals surface area contributed by atoms with E-state index in [0.717, 1.165) is 0 Å². The zero-order valence-corrected chi connectivity index (χ0v) is 7.34. The molecule has 0 aliphatic rings. The molecule has 0 saturated heterocycles. The van der Waals surface area contributed by atoms with Gasteiger partial charge in [0.05, 0.1) is 11.9 Å². The molecule has 1 rings (SSSR count). The fraction of sp³-hybridized carbons (Fsp3) is 0.125. The van der Waals surface area contributed by atoms with Gasteiger partial charge in [0.25, 0.3) is 0 Å². The lowest BCUT2D eigenvalue weighted by molar-refractivity contribution is 0.0691. The van der Waals surface area contributed by atoms with E-state index in [2.05, 4.69) is 9.97 Å². The Labute approximate surface area is 80.3 Å². The maximum absolute atomic E-state index is 10.6. The lowest BCUT2D eigenvalue weighted by Gasteiger charge is -1.99. The van der Waals surface area contributed by atoms with Gasteiger partial charge in [-0.05, 0) is 6.08 Å². The standard InChI is InChI=1S/C8H10N4O2/c9-3-1-2-5-4-11-7(10)6(12-5)8(13)14/h1-2,4H,3,9H2,(H2,10,11)(H,13,14). The summed E-state index contributed by atoms with van der Waals surface area (Å²) in [5.41, 5.74) is 10.7. The Hall–Kier alpha value is -1.95. The average Bonchev–Trinajstić information content (AvgIpc) is 2.16. The molecule has 0 unspecified atom stereocenters. The second-order valence-electron chi connectivity index (χ2n) is 2.47. The molecule has 0 spiro atoms. The summed E-state index contributed by atoms with van der Waals surface area (Å²) in [7, 11) is 0. The van der Waals surface area contributed by atoms with Crippen molar-refractivity contribution in [2.24, 2.45) is 5.73 Å². The van der Waals surface area contributed by atoms with Gasteiger partial charge >= 0.3 is 5.97 Å². The molecule has 1 aromatic heterocycles. The van der Waals surface area contributed by atoms with Gasteiger partial charge in [0, 0.05) is 6.54 Å². The van der Waals surface area contributed by atoms with Crippen molar-refractivity contribution in [3.63, 3.8) is 0 Å². The molecule has 0 fully saturated rings. The van der Waals surface area contributed by atoms with Gasteiger partial charge in [-0.2, -0.15) is 0 Å². The number of carboxylic acids is 1. The van der Waals surface area contributed by atoms with Gasteiger partial charge in [0.15, 0.2) is 11.5 Å². The highest BCUT2D eigenvalue weighted by Crippen LogP contribution is 2.06. The molecule has 0 aliphatic heterocycles. The molecule has 1 heterocycles. The van der Waals surface area contributed by atoms with Crippen LogP contribution < -0.4 is 11.5 Å². The van der Waals surface area contributed by atoms with Crippen LogP contribution in [0.5, 0.6) is 0 Å². The predicted molar refractivity (Wildman–Crippen MR) is 51.5 cm³/mol. The lowest BCUT2D eigenvalue weighted by atomic mass is 10.3. The third-order valence-corrected chi connectivity index (χ3v) is 1.45. The molecule has 6 heteroatoms. The summed E-state index contributed by atoms with van der Waals surface area (Å²) in [6.45, 7) is 0.356. The molecule has 0 radical (unpaired) electrons. The van der Waals surface area contributed by atoms with Gasteiger partial charge < -0.3 is 16.6 Å². The zero-order valence-electron chi connectivity index (χ0n) is 7.34. The predicted octanol–water partition coefficient (Wildman–Crippen LogP) is -0.271. The molecular weight excluding hydrogens is 184 g/mol. The smallest absolute Gasteiger partial charge is 0.358 e. The summed E-state index contributed by atoms with van der Waals surface area (Å²) in [5, 5.41) is 8.68. The third kappa shape index (κ3) is 2.27. The summed E-state index contributed by atoms with van der Waals surface area (Å²) in [6, 6.07) is 0. The first kappa shape index (κ1) is 10.1. The van der Waals surface area contributed by atoms with Gasteiger partial charge in [-0.3, -0.25) is 0 Å². The number of anilines is 1. The number of nitrogen functional groups attached to an aromatic ring is 1. The van der Waals surface area contributed by atoms with Crippen molar-refractivity contribution in [3.05, 3.63) is 23.7 Å². The number of nitrogens with zero attached hydrogens (tertiary/aromatic N) is 2. The second kappa shape index (κ2) is 4.33. The number of carbonyl (C=O) groups is 1. The third-order valence-electron chi connectivity index (χ3n) is 1.45. The first-order chi connectivity index (χ1) is 6.65. The van der Waals surface area contributed by atoms with Gasteiger partial charge in [0.1, 0.15) is 0 Å². The number of carboxylic acid groups (broad SMARTS) is 1. The fourth-order valence-corrected chi connectivity index (χ4v) is 0.839. The van der Waals surface area contributed by atoms with Crippen LogP contribution in [-0.4, -0.2) is 27.6 Å². The molecule has 0 atom stereocenters. The van der Waals surface area contributed by atoms with Crippen molar-refractivity contribution in [2.75, 3.05) is 12.3 Å². The first-order valence-electron chi connectivity index (χ1n) is 3.87. The minimum absolute atomic E-state index is 0.0950. The van der Waals surface area contributed by atoms with Gasteiger partial charge in [-0.1, -0.05) is 6.08 Å². The summed E-state index contributed by atoms with van der Waals surface area (Å²) in [5.74, 6) is -1.29. The Morgan fingerprint density at radius 1 is 1.64 bits per heavy atom. The molecule has 0 saturated carbocycles. The van der Waals surface area contributed by atoms with Crippen LogP contribution in [0.25, 0.3) is 6.08 Å². The summed E-state index contributed by atoms with van der Waals surface area (Å²) in [4.78, 5) is 18.1. The number of hydrogen-bond donors (Lipinski definition) is 3. The van der Waals surface area contributed by atoms with Crippen LogP contribution in [0, 0.1) is 0 Å². The van der Waals surface area contributed by atoms with E-state index in [4.69, 9.17) is 16.6 Å². The van der Waals surface area contributed by atoms with E-state index in [1.165, 1.54) is 6.20 Å². The van der Waals surface area contributed by atoms with Gasteiger partial charge in [0.2, 0.25) is 0 Å². The molecule has 6 nitrogen and oxygen atoms in total. The van der Waals surface area contributed by atoms with E-state index in [0.29, 0.717) is 12.2 Å². The highest BCUT2D eigenvalue weighted by molar-refractivity contribution is 5.90. The normalized spacial score (nSPS) is 10.6. The van der Waals surface area contributed by atoms with E-state index >= 15 is 0 Å². The van der Waals surface area contributed by atoms with E-state index in [-0.39, 0.29) is 11.5 Å². The van der Waals surface area contributed by atoms with E-state index in [9.17, 15) is 4.79 Å². The van der Waals surface area contributed by atoms with Crippen molar-refractivity contribution >= 4 is 17.9 Å². The molecule has 0 aromatic carbocycles. The Bertz CT molecular complexity index is 376. The molecule has 74 valence electrons. The van der Waals surface area contributed by atoms with Crippen molar-refractivity contribution in [1.82, 2.24) is 9.97 Å². The van der Waals surface area contributed by atoms with E-state index in [1.807, 2.05) is 0 Å². The zero-order chi connectivity index (χ0) is 10.6. The summed E-state index contributed by atoms with van der Waals surface area (Å²) >= 11 is 0. The highest BCUT2D eigenvalue weighted by atomic mass is 16.4. The van der Waals surface area contributed by atoms with Crippen LogP contribution in [0.3, 0.4) is 0 Å². The Morgan fingerprint density at radius 2 is 2.36 bits per heavy atom. The number of nitrogens with two attached hydrogens (primary N) is 2.